The molecule has 1 aliphatic rings. The first kappa shape index (κ1) is 22.3. The SMILES string of the molecule is CCCNC(=O)CN1CCN(C(=O)c2cccc(S(=O)(=O)N(C)OC)c2)CC1. The number of nitrogens with zero attached hydrogens (tertiary/aromatic N) is 3. The first-order valence-corrected chi connectivity index (χ1v) is 10.6. The van der Waals surface area contributed by atoms with Gasteiger partial charge in [-0.1, -0.05) is 17.5 Å². The second-order valence-corrected chi connectivity index (χ2v) is 8.48. The van der Waals surface area contributed by atoms with Crippen molar-refractivity contribution in [2.24, 2.45) is 0 Å². The molecule has 0 saturated carbocycles. The Morgan fingerprint density at radius 2 is 1.89 bits per heavy atom. The highest BCUT2D eigenvalue weighted by Crippen LogP contribution is 2.17. The summed E-state index contributed by atoms with van der Waals surface area (Å²) in [5, 5.41) is 2.84. The fraction of sp³-hybridized carbons (Fsp3) is 0.556. The van der Waals surface area contributed by atoms with Crippen molar-refractivity contribution >= 4 is 21.8 Å². The highest BCUT2D eigenvalue weighted by atomic mass is 32.2. The highest BCUT2D eigenvalue weighted by Gasteiger charge is 2.26. The van der Waals surface area contributed by atoms with Gasteiger partial charge in [0.15, 0.2) is 0 Å². The van der Waals surface area contributed by atoms with Crippen molar-refractivity contribution in [1.29, 1.82) is 0 Å². The molecule has 1 aliphatic heterocycles. The Labute approximate surface area is 166 Å². The average Bonchev–Trinajstić information content (AvgIpc) is 2.71. The summed E-state index contributed by atoms with van der Waals surface area (Å²) in [6, 6.07) is 5.92. The van der Waals surface area contributed by atoms with Crippen molar-refractivity contribution in [2.45, 2.75) is 18.2 Å². The first-order chi connectivity index (χ1) is 13.3. The van der Waals surface area contributed by atoms with Crippen molar-refractivity contribution < 1.29 is 22.8 Å². The Bertz CT molecular complexity index is 791. The Kier molecular flexibility index (Phi) is 7.93. The van der Waals surface area contributed by atoms with Gasteiger partial charge in [-0.2, -0.15) is 0 Å². The number of piperazine rings is 1. The molecule has 10 heteroatoms. The van der Waals surface area contributed by atoms with E-state index >= 15 is 0 Å². The van der Waals surface area contributed by atoms with E-state index in [9.17, 15) is 18.0 Å². The normalized spacial score (nSPS) is 15.6. The van der Waals surface area contributed by atoms with Crippen molar-refractivity contribution in [3.05, 3.63) is 29.8 Å². The molecule has 2 rings (SSSR count). The second-order valence-electron chi connectivity index (χ2n) is 6.54. The maximum atomic E-state index is 12.8. The number of benzene rings is 1. The molecule has 1 fully saturated rings. The number of hydroxylamine groups is 1. The van der Waals surface area contributed by atoms with E-state index in [4.69, 9.17) is 4.84 Å². The van der Waals surface area contributed by atoms with Crippen LogP contribution in [0.4, 0.5) is 0 Å². The van der Waals surface area contributed by atoms with Gasteiger partial charge in [-0.3, -0.25) is 19.3 Å². The molecule has 0 aliphatic carbocycles. The fourth-order valence-electron chi connectivity index (χ4n) is 2.85. The Morgan fingerprint density at radius 1 is 1.21 bits per heavy atom. The van der Waals surface area contributed by atoms with Crippen LogP contribution in [-0.4, -0.2) is 87.9 Å². The molecule has 0 atom stereocenters. The molecule has 9 nitrogen and oxygen atoms in total. The van der Waals surface area contributed by atoms with E-state index in [-0.39, 0.29) is 16.7 Å². The summed E-state index contributed by atoms with van der Waals surface area (Å²) in [6.07, 6.45) is 0.892. The quantitative estimate of drug-likeness (QED) is 0.611. The lowest BCUT2D eigenvalue weighted by Gasteiger charge is -2.34. The standard InChI is InChI=1S/C18H28N4O5S/c1-4-8-19-17(23)14-21-9-11-22(12-10-21)18(24)15-6-5-7-16(13-15)28(25,26)20(2)27-3/h5-7,13H,4,8-12,14H2,1-3H3,(H,19,23). The molecule has 2 amide bonds. The van der Waals surface area contributed by atoms with E-state index in [1.807, 2.05) is 11.8 Å². The molecule has 1 N–H and O–H groups in total. The Balaban J connectivity index is 1.99. The van der Waals surface area contributed by atoms with Gasteiger partial charge >= 0.3 is 0 Å². The third-order valence-corrected chi connectivity index (χ3v) is 6.25. The molecule has 1 saturated heterocycles. The smallest absolute Gasteiger partial charge is 0.264 e. The Hall–Kier alpha value is -2.01. The number of nitrogens with one attached hydrogen (secondary N) is 1. The summed E-state index contributed by atoms with van der Waals surface area (Å²) < 4.78 is 25.5. The zero-order chi connectivity index (χ0) is 20.7. The number of amides is 2. The molecule has 0 spiro atoms. The molecule has 0 bridgehead atoms. The van der Waals surface area contributed by atoms with Crippen LogP contribution in [0.25, 0.3) is 0 Å². The van der Waals surface area contributed by atoms with Crippen LogP contribution < -0.4 is 5.32 Å². The summed E-state index contributed by atoms with van der Waals surface area (Å²) in [7, 11) is -1.27. The largest absolute Gasteiger partial charge is 0.355 e. The number of hydrogen-bond donors (Lipinski definition) is 1. The third kappa shape index (κ3) is 5.51. The third-order valence-electron chi connectivity index (χ3n) is 4.57. The maximum Gasteiger partial charge on any atom is 0.264 e. The van der Waals surface area contributed by atoms with Gasteiger partial charge in [0.2, 0.25) is 5.91 Å². The zero-order valence-corrected chi connectivity index (χ0v) is 17.4. The molecule has 28 heavy (non-hydrogen) atoms. The predicted octanol–water partition coefficient (Wildman–Crippen LogP) is 0.153. The highest BCUT2D eigenvalue weighted by molar-refractivity contribution is 7.89. The van der Waals surface area contributed by atoms with Gasteiger partial charge in [-0.25, -0.2) is 8.42 Å². The molecule has 1 aromatic rings. The van der Waals surface area contributed by atoms with E-state index in [0.717, 1.165) is 10.9 Å². The van der Waals surface area contributed by atoms with Gasteiger partial charge in [0.25, 0.3) is 15.9 Å². The topological polar surface area (TPSA) is 99.3 Å². The second kappa shape index (κ2) is 9.97. The van der Waals surface area contributed by atoms with Gasteiger partial charge in [0.05, 0.1) is 18.6 Å². The summed E-state index contributed by atoms with van der Waals surface area (Å²) in [4.78, 5) is 33.0. The van der Waals surface area contributed by atoms with Crippen molar-refractivity contribution in [2.75, 3.05) is 53.4 Å². The van der Waals surface area contributed by atoms with Crippen molar-refractivity contribution in [1.82, 2.24) is 19.6 Å². The van der Waals surface area contributed by atoms with Gasteiger partial charge in [-0.15, -0.1) is 0 Å². The van der Waals surface area contributed by atoms with Crippen LogP contribution in [0, 0.1) is 0 Å². The minimum atomic E-state index is -3.82. The van der Waals surface area contributed by atoms with Crippen molar-refractivity contribution in [3.63, 3.8) is 0 Å². The number of sulfonamides is 1. The van der Waals surface area contributed by atoms with E-state index in [1.165, 1.54) is 32.4 Å². The fourth-order valence-corrected chi connectivity index (χ4v) is 3.87. The number of hydrogen-bond acceptors (Lipinski definition) is 6. The molecule has 1 heterocycles. The lowest BCUT2D eigenvalue weighted by atomic mass is 10.2. The molecular weight excluding hydrogens is 384 g/mol. The molecule has 0 unspecified atom stereocenters. The van der Waals surface area contributed by atoms with Gasteiger partial charge in [-0.05, 0) is 24.6 Å². The lowest BCUT2D eigenvalue weighted by molar-refractivity contribution is -0.122. The lowest BCUT2D eigenvalue weighted by Crippen LogP contribution is -2.51. The van der Waals surface area contributed by atoms with Gasteiger partial charge < -0.3 is 10.2 Å². The van der Waals surface area contributed by atoms with Gasteiger partial charge in [0.1, 0.15) is 0 Å². The zero-order valence-electron chi connectivity index (χ0n) is 16.6. The molecule has 156 valence electrons. The minimum Gasteiger partial charge on any atom is -0.355 e. The number of carbonyl (C=O) groups is 2. The summed E-state index contributed by atoms with van der Waals surface area (Å²) >= 11 is 0. The van der Waals surface area contributed by atoms with Crippen LogP contribution in [0.1, 0.15) is 23.7 Å². The molecule has 1 aromatic carbocycles. The van der Waals surface area contributed by atoms with E-state index < -0.39 is 10.0 Å². The molecule has 0 aromatic heterocycles. The van der Waals surface area contributed by atoms with Crippen LogP contribution in [0.5, 0.6) is 0 Å². The molecule has 0 radical (unpaired) electrons. The van der Waals surface area contributed by atoms with Gasteiger partial charge in [0, 0.05) is 45.3 Å². The number of carbonyl (C=O) groups excluding carboxylic acids is 2. The summed E-state index contributed by atoms with van der Waals surface area (Å²) in [5.41, 5.74) is 0.305. The van der Waals surface area contributed by atoms with Crippen LogP contribution >= 0.6 is 0 Å². The predicted molar refractivity (Wildman–Crippen MR) is 104 cm³/mol. The van der Waals surface area contributed by atoms with E-state index in [0.29, 0.717) is 44.8 Å². The van der Waals surface area contributed by atoms with Crippen LogP contribution in [-0.2, 0) is 19.7 Å². The average molecular weight is 413 g/mol. The monoisotopic (exact) mass is 412 g/mol. The summed E-state index contributed by atoms with van der Waals surface area (Å²) in [5.74, 6) is -0.242. The van der Waals surface area contributed by atoms with Crippen LogP contribution in [0.3, 0.4) is 0 Å². The minimum absolute atomic E-state index is 0.00562. The van der Waals surface area contributed by atoms with E-state index in [2.05, 4.69) is 5.32 Å². The van der Waals surface area contributed by atoms with E-state index in [1.54, 1.807) is 11.0 Å². The van der Waals surface area contributed by atoms with Crippen molar-refractivity contribution in [3.8, 4) is 0 Å². The molecular formula is C18H28N4O5S. The first-order valence-electron chi connectivity index (χ1n) is 9.21. The summed E-state index contributed by atoms with van der Waals surface area (Å²) in [6.45, 7) is 5.13. The Morgan fingerprint density at radius 3 is 2.50 bits per heavy atom. The number of rotatable bonds is 8. The maximum absolute atomic E-state index is 12.8. The van der Waals surface area contributed by atoms with Crippen LogP contribution in [0.15, 0.2) is 29.2 Å². The van der Waals surface area contributed by atoms with Crippen LogP contribution in [0.2, 0.25) is 0 Å².